The summed E-state index contributed by atoms with van der Waals surface area (Å²) in [5.74, 6) is -0.106. The third-order valence-corrected chi connectivity index (χ3v) is 3.33. The number of benzene rings is 1. The molecular formula is C12H11N5O3S. The van der Waals surface area contributed by atoms with Crippen LogP contribution in [0.15, 0.2) is 45.5 Å². The Labute approximate surface area is 123 Å². The zero-order valence-corrected chi connectivity index (χ0v) is 11.7. The number of hydrogen-bond acceptors (Lipinski definition) is 7. The van der Waals surface area contributed by atoms with Gasteiger partial charge in [0, 0.05) is 22.7 Å². The van der Waals surface area contributed by atoms with Crippen LogP contribution in [-0.4, -0.2) is 25.9 Å². The van der Waals surface area contributed by atoms with Crippen LogP contribution in [0.5, 0.6) is 0 Å². The minimum atomic E-state index is -0.464. The SMILES string of the molecule is Cc1cc(/C(N)=N/O)nc(Sc2ccc([N+](=O)[O-])cc2)n1. The summed E-state index contributed by atoms with van der Waals surface area (Å²) >= 11 is 1.23. The summed E-state index contributed by atoms with van der Waals surface area (Å²) < 4.78 is 0. The Bertz CT molecular complexity index is 703. The second-order valence-electron chi connectivity index (χ2n) is 4.02. The summed E-state index contributed by atoms with van der Waals surface area (Å²) in [6.45, 7) is 1.76. The Morgan fingerprint density at radius 2 is 2.05 bits per heavy atom. The van der Waals surface area contributed by atoms with Crippen molar-refractivity contribution >= 4 is 23.3 Å². The molecule has 8 nitrogen and oxygen atoms in total. The summed E-state index contributed by atoms with van der Waals surface area (Å²) in [5, 5.41) is 22.6. The van der Waals surface area contributed by atoms with Gasteiger partial charge in [0.25, 0.3) is 5.69 Å². The number of aryl methyl sites for hydroxylation is 1. The molecule has 1 heterocycles. The highest BCUT2D eigenvalue weighted by molar-refractivity contribution is 7.99. The van der Waals surface area contributed by atoms with E-state index in [9.17, 15) is 10.1 Å². The molecule has 0 bridgehead atoms. The Kier molecular flexibility index (Phi) is 4.33. The van der Waals surface area contributed by atoms with E-state index in [0.717, 1.165) is 4.90 Å². The van der Waals surface area contributed by atoms with E-state index in [2.05, 4.69) is 15.1 Å². The number of nitro groups is 1. The second-order valence-corrected chi connectivity index (χ2v) is 5.06. The van der Waals surface area contributed by atoms with Gasteiger partial charge in [0.05, 0.1) is 4.92 Å². The van der Waals surface area contributed by atoms with Gasteiger partial charge in [-0.3, -0.25) is 10.1 Å². The summed E-state index contributed by atoms with van der Waals surface area (Å²) in [6.07, 6.45) is 0. The molecule has 0 saturated heterocycles. The highest BCUT2D eigenvalue weighted by atomic mass is 32.2. The van der Waals surface area contributed by atoms with E-state index in [0.29, 0.717) is 16.5 Å². The molecular weight excluding hydrogens is 294 g/mol. The van der Waals surface area contributed by atoms with Gasteiger partial charge >= 0.3 is 0 Å². The Hall–Kier alpha value is -2.68. The van der Waals surface area contributed by atoms with Gasteiger partial charge in [-0.25, -0.2) is 9.97 Å². The van der Waals surface area contributed by atoms with Crippen LogP contribution in [0.1, 0.15) is 11.4 Å². The first kappa shape index (κ1) is 14.7. The van der Waals surface area contributed by atoms with Gasteiger partial charge < -0.3 is 10.9 Å². The molecule has 0 aliphatic carbocycles. The van der Waals surface area contributed by atoms with Crippen LogP contribution in [-0.2, 0) is 0 Å². The van der Waals surface area contributed by atoms with Crippen molar-refractivity contribution in [3.05, 3.63) is 51.8 Å². The van der Waals surface area contributed by atoms with Crippen molar-refractivity contribution < 1.29 is 10.1 Å². The first-order chi connectivity index (χ1) is 9.99. The third kappa shape index (κ3) is 3.66. The maximum absolute atomic E-state index is 10.6. The van der Waals surface area contributed by atoms with Crippen LogP contribution in [0.3, 0.4) is 0 Å². The molecule has 0 atom stereocenters. The molecule has 0 radical (unpaired) electrons. The Morgan fingerprint density at radius 3 is 2.62 bits per heavy atom. The fourth-order valence-corrected chi connectivity index (χ4v) is 2.33. The van der Waals surface area contributed by atoms with Gasteiger partial charge in [-0.05, 0) is 36.9 Å². The summed E-state index contributed by atoms with van der Waals surface area (Å²) in [7, 11) is 0. The lowest BCUT2D eigenvalue weighted by molar-refractivity contribution is -0.384. The molecule has 3 N–H and O–H groups in total. The largest absolute Gasteiger partial charge is 0.409 e. The average molecular weight is 305 g/mol. The zero-order chi connectivity index (χ0) is 15.4. The number of hydrogen-bond donors (Lipinski definition) is 2. The first-order valence-electron chi connectivity index (χ1n) is 5.75. The fourth-order valence-electron chi connectivity index (χ4n) is 1.51. The number of amidine groups is 1. The van der Waals surface area contributed by atoms with Crippen LogP contribution in [0, 0.1) is 17.0 Å². The maximum atomic E-state index is 10.6. The number of nitrogens with two attached hydrogens (primary N) is 1. The van der Waals surface area contributed by atoms with Crippen molar-refractivity contribution in [2.45, 2.75) is 17.0 Å². The van der Waals surface area contributed by atoms with Crippen LogP contribution < -0.4 is 5.73 Å². The van der Waals surface area contributed by atoms with Crippen LogP contribution in [0.2, 0.25) is 0 Å². The lowest BCUT2D eigenvalue weighted by Gasteiger charge is -2.04. The number of aromatic nitrogens is 2. The van der Waals surface area contributed by atoms with E-state index in [-0.39, 0.29) is 11.5 Å². The van der Waals surface area contributed by atoms with E-state index in [1.54, 1.807) is 25.1 Å². The summed E-state index contributed by atoms with van der Waals surface area (Å²) in [4.78, 5) is 19.3. The minimum Gasteiger partial charge on any atom is -0.409 e. The molecule has 0 amide bonds. The van der Waals surface area contributed by atoms with Crippen molar-refractivity contribution in [1.82, 2.24) is 9.97 Å². The summed E-state index contributed by atoms with van der Waals surface area (Å²) in [6, 6.07) is 7.62. The van der Waals surface area contributed by atoms with Crippen molar-refractivity contribution in [2.75, 3.05) is 0 Å². The normalized spacial score (nSPS) is 11.4. The Balaban J connectivity index is 2.27. The lowest BCUT2D eigenvalue weighted by Crippen LogP contribution is -2.16. The molecule has 2 aromatic rings. The van der Waals surface area contributed by atoms with Gasteiger partial charge in [0.15, 0.2) is 11.0 Å². The fraction of sp³-hybridized carbons (Fsp3) is 0.0833. The molecule has 1 aromatic heterocycles. The molecule has 21 heavy (non-hydrogen) atoms. The quantitative estimate of drug-likeness (QED) is 0.220. The molecule has 2 rings (SSSR count). The monoisotopic (exact) mass is 305 g/mol. The van der Waals surface area contributed by atoms with E-state index in [1.807, 2.05) is 0 Å². The van der Waals surface area contributed by atoms with Gasteiger partial charge in [-0.2, -0.15) is 0 Å². The highest BCUT2D eigenvalue weighted by Gasteiger charge is 2.09. The standard InChI is InChI=1S/C12H11N5O3S/c1-7-6-10(11(13)16-18)15-12(14-7)21-9-4-2-8(3-5-9)17(19)20/h2-6,18H,1H3,(H2,13,16). The van der Waals surface area contributed by atoms with Crippen molar-refractivity contribution in [2.24, 2.45) is 10.9 Å². The van der Waals surface area contributed by atoms with Crippen LogP contribution >= 0.6 is 11.8 Å². The minimum absolute atomic E-state index is 0.0156. The highest BCUT2D eigenvalue weighted by Crippen LogP contribution is 2.26. The molecule has 9 heteroatoms. The predicted molar refractivity (Wildman–Crippen MR) is 76.5 cm³/mol. The van der Waals surface area contributed by atoms with Gasteiger partial charge in [-0.1, -0.05) is 5.16 Å². The number of rotatable bonds is 4. The number of non-ortho nitro benzene ring substituents is 1. The van der Waals surface area contributed by atoms with Gasteiger partial charge in [0.2, 0.25) is 0 Å². The molecule has 0 unspecified atom stereocenters. The Morgan fingerprint density at radius 1 is 1.38 bits per heavy atom. The van der Waals surface area contributed by atoms with Crippen LogP contribution in [0.25, 0.3) is 0 Å². The maximum Gasteiger partial charge on any atom is 0.269 e. The number of nitro benzene ring substituents is 1. The molecule has 0 saturated carbocycles. The van der Waals surface area contributed by atoms with E-state index in [1.165, 1.54) is 23.9 Å². The van der Waals surface area contributed by atoms with Gasteiger partial charge in [0.1, 0.15) is 5.69 Å². The molecule has 108 valence electrons. The molecule has 1 aromatic carbocycles. The average Bonchev–Trinajstić information content (AvgIpc) is 2.46. The number of nitrogens with zero attached hydrogens (tertiary/aromatic N) is 4. The predicted octanol–water partition coefficient (Wildman–Crippen LogP) is 1.94. The van der Waals surface area contributed by atoms with E-state index >= 15 is 0 Å². The zero-order valence-electron chi connectivity index (χ0n) is 10.9. The van der Waals surface area contributed by atoms with E-state index in [4.69, 9.17) is 10.9 Å². The molecule has 0 aliphatic rings. The first-order valence-corrected chi connectivity index (χ1v) is 6.57. The van der Waals surface area contributed by atoms with Gasteiger partial charge in [-0.15, -0.1) is 0 Å². The topological polar surface area (TPSA) is 128 Å². The second kappa shape index (κ2) is 6.18. The van der Waals surface area contributed by atoms with Crippen molar-refractivity contribution in [3.63, 3.8) is 0 Å². The lowest BCUT2D eigenvalue weighted by atomic mass is 10.3. The number of oxime groups is 1. The van der Waals surface area contributed by atoms with E-state index < -0.39 is 4.92 Å². The van der Waals surface area contributed by atoms with Crippen LogP contribution in [0.4, 0.5) is 5.69 Å². The molecule has 0 fully saturated rings. The van der Waals surface area contributed by atoms with Crippen molar-refractivity contribution in [3.8, 4) is 0 Å². The van der Waals surface area contributed by atoms with Crippen molar-refractivity contribution in [1.29, 1.82) is 0 Å². The molecule has 0 spiro atoms. The smallest absolute Gasteiger partial charge is 0.269 e. The summed E-state index contributed by atoms with van der Waals surface area (Å²) in [5.41, 5.74) is 6.50. The third-order valence-electron chi connectivity index (χ3n) is 2.46. The molecule has 0 aliphatic heterocycles.